The molecule has 0 fully saturated rings. The van der Waals surface area contributed by atoms with E-state index in [0.717, 1.165) is 16.9 Å². The third kappa shape index (κ3) is 2.86. The Bertz CT molecular complexity index is 735. The maximum Gasteiger partial charge on any atom is 0.231 e. The fraction of sp³-hybridized carbons (Fsp3) is 0.125. The van der Waals surface area contributed by atoms with Crippen LogP contribution in [0.1, 0.15) is 11.5 Å². The van der Waals surface area contributed by atoms with Gasteiger partial charge >= 0.3 is 0 Å². The van der Waals surface area contributed by atoms with Crippen molar-refractivity contribution in [3.05, 3.63) is 60.0 Å². The van der Waals surface area contributed by atoms with E-state index < -0.39 is 0 Å². The SMILES string of the molecule is COc1ccc(Cc2nc(-c3ccccc3N)no2)cc1. The van der Waals surface area contributed by atoms with Crippen molar-refractivity contribution in [2.75, 3.05) is 12.8 Å². The lowest BCUT2D eigenvalue weighted by molar-refractivity contribution is 0.385. The molecule has 0 aliphatic rings. The highest BCUT2D eigenvalue weighted by Crippen LogP contribution is 2.23. The number of hydrogen-bond donors (Lipinski definition) is 1. The number of hydrogen-bond acceptors (Lipinski definition) is 5. The van der Waals surface area contributed by atoms with Gasteiger partial charge in [-0.3, -0.25) is 0 Å². The number of aromatic nitrogens is 2. The van der Waals surface area contributed by atoms with E-state index in [1.807, 2.05) is 48.5 Å². The van der Waals surface area contributed by atoms with E-state index >= 15 is 0 Å². The number of nitrogens with zero attached hydrogens (tertiary/aromatic N) is 2. The second-order valence-electron chi connectivity index (χ2n) is 4.62. The first-order chi connectivity index (χ1) is 10.3. The maximum atomic E-state index is 5.91. The number of ether oxygens (including phenoxy) is 1. The molecule has 0 radical (unpaired) electrons. The van der Waals surface area contributed by atoms with Crippen LogP contribution in [-0.4, -0.2) is 17.3 Å². The van der Waals surface area contributed by atoms with Crippen LogP contribution in [0.3, 0.4) is 0 Å². The molecule has 0 atom stereocenters. The molecular weight excluding hydrogens is 266 g/mol. The second-order valence-corrected chi connectivity index (χ2v) is 4.62. The van der Waals surface area contributed by atoms with E-state index in [1.54, 1.807) is 7.11 Å². The van der Waals surface area contributed by atoms with Crippen molar-refractivity contribution < 1.29 is 9.26 Å². The fourth-order valence-corrected chi connectivity index (χ4v) is 2.05. The number of para-hydroxylation sites is 1. The molecule has 3 aromatic rings. The molecule has 106 valence electrons. The highest BCUT2D eigenvalue weighted by molar-refractivity contribution is 5.70. The first-order valence-corrected chi connectivity index (χ1v) is 6.56. The van der Waals surface area contributed by atoms with Crippen LogP contribution in [0.4, 0.5) is 5.69 Å². The summed E-state index contributed by atoms with van der Waals surface area (Å²) in [7, 11) is 1.64. The van der Waals surface area contributed by atoms with Gasteiger partial charge in [0.25, 0.3) is 0 Å². The summed E-state index contributed by atoms with van der Waals surface area (Å²) >= 11 is 0. The number of methoxy groups -OCH3 is 1. The van der Waals surface area contributed by atoms with E-state index in [4.69, 9.17) is 15.0 Å². The maximum absolute atomic E-state index is 5.91. The van der Waals surface area contributed by atoms with Crippen LogP contribution in [-0.2, 0) is 6.42 Å². The zero-order valence-electron chi connectivity index (χ0n) is 11.6. The van der Waals surface area contributed by atoms with E-state index in [0.29, 0.717) is 23.8 Å². The van der Waals surface area contributed by atoms with Crippen molar-refractivity contribution in [1.82, 2.24) is 10.1 Å². The summed E-state index contributed by atoms with van der Waals surface area (Å²) < 4.78 is 10.4. The summed E-state index contributed by atoms with van der Waals surface area (Å²) in [5.41, 5.74) is 8.40. The van der Waals surface area contributed by atoms with Crippen molar-refractivity contribution in [3.8, 4) is 17.1 Å². The van der Waals surface area contributed by atoms with Crippen molar-refractivity contribution in [3.63, 3.8) is 0 Å². The van der Waals surface area contributed by atoms with Crippen LogP contribution in [0, 0.1) is 0 Å². The third-order valence-corrected chi connectivity index (χ3v) is 3.18. The van der Waals surface area contributed by atoms with E-state index in [1.165, 1.54) is 0 Å². The Morgan fingerprint density at radius 1 is 1.10 bits per heavy atom. The number of rotatable bonds is 4. The quantitative estimate of drug-likeness (QED) is 0.744. The molecule has 0 unspecified atom stereocenters. The normalized spacial score (nSPS) is 10.5. The lowest BCUT2D eigenvalue weighted by atomic mass is 10.1. The average Bonchev–Trinajstić information content (AvgIpc) is 2.97. The van der Waals surface area contributed by atoms with Crippen LogP contribution >= 0.6 is 0 Å². The number of nitrogen functional groups attached to an aromatic ring is 1. The van der Waals surface area contributed by atoms with Gasteiger partial charge < -0.3 is 15.0 Å². The summed E-state index contributed by atoms with van der Waals surface area (Å²) in [6.45, 7) is 0. The van der Waals surface area contributed by atoms with Gasteiger partial charge in [-0.05, 0) is 29.8 Å². The molecule has 2 N–H and O–H groups in total. The van der Waals surface area contributed by atoms with Gasteiger partial charge in [-0.2, -0.15) is 4.98 Å². The number of anilines is 1. The Kier molecular flexibility index (Phi) is 3.55. The first-order valence-electron chi connectivity index (χ1n) is 6.56. The Balaban J connectivity index is 1.80. The fourth-order valence-electron chi connectivity index (χ4n) is 2.05. The monoisotopic (exact) mass is 281 g/mol. The molecule has 0 spiro atoms. The van der Waals surface area contributed by atoms with E-state index in [2.05, 4.69) is 10.1 Å². The summed E-state index contributed by atoms with van der Waals surface area (Å²) in [6, 6.07) is 15.2. The number of benzene rings is 2. The van der Waals surface area contributed by atoms with Crippen molar-refractivity contribution in [2.45, 2.75) is 6.42 Å². The summed E-state index contributed by atoms with van der Waals surface area (Å²) in [5, 5.41) is 3.99. The molecule has 0 bridgehead atoms. The minimum Gasteiger partial charge on any atom is -0.497 e. The molecule has 0 amide bonds. The van der Waals surface area contributed by atoms with Crippen LogP contribution in [0.25, 0.3) is 11.4 Å². The van der Waals surface area contributed by atoms with Gasteiger partial charge in [0.1, 0.15) is 5.75 Å². The van der Waals surface area contributed by atoms with E-state index in [-0.39, 0.29) is 0 Å². The van der Waals surface area contributed by atoms with E-state index in [9.17, 15) is 0 Å². The topological polar surface area (TPSA) is 74.2 Å². The van der Waals surface area contributed by atoms with Gasteiger partial charge in [-0.15, -0.1) is 0 Å². The standard InChI is InChI=1S/C16H15N3O2/c1-20-12-8-6-11(7-9-12)10-15-18-16(19-21-15)13-4-2-3-5-14(13)17/h2-9H,10,17H2,1H3. The zero-order chi connectivity index (χ0) is 14.7. The minimum atomic E-state index is 0.511. The Morgan fingerprint density at radius 3 is 2.57 bits per heavy atom. The highest BCUT2D eigenvalue weighted by atomic mass is 16.5. The minimum absolute atomic E-state index is 0.511. The van der Waals surface area contributed by atoms with Crippen LogP contribution in [0.5, 0.6) is 5.75 Å². The smallest absolute Gasteiger partial charge is 0.231 e. The Hall–Kier alpha value is -2.82. The molecule has 3 rings (SSSR count). The molecule has 1 aromatic heterocycles. The number of nitrogens with two attached hydrogens (primary N) is 1. The first kappa shape index (κ1) is 13.2. The largest absolute Gasteiger partial charge is 0.497 e. The third-order valence-electron chi connectivity index (χ3n) is 3.18. The molecule has 0 saturated heterocycles. The summed E-state index contributed by atoms with van der Waals surface area (Å²) in [5.74, 6) is 1.89. The van der Waals surface area contributed by atoms with Gasteiger partial charge in [0.15, 0.2) is 0 Å². The van der Waals surface area contributed by atoms with Gasteiger partial charge in [0, 0.05) is 11.3 Å². The zero-order valence-corrected chi connectivity index (χ0v) is 11.6. The predicted octanol–water partition coefficient (Wildman–Crippen LogP) is 2.92. The molecule has 5 heteroatoms. The lowest BCUT2D eigenvalue weighted by Crippen LogP contribution is -1.92. The van der Waals surface area contributed by atoms with Crippen molar-refractivity contribution in [1.29, 1.82) is 0 Å². The Morgan fingerprint density at radius 2 is 1.86 bits per heavy atom. The molecule has 2 aromatic carbocycles. The molecule has 1 heterocycles. The van der Waals surface area contributed by atoms with Gasteiger partial charge in [0.2, 0.25) is 11.7 Å². The predicted molar refractivity (Wildman–Crippen MR) is 79.9 cm³/mol. The summed E-state index contributed by atoms with van der Waals surface area (Å²) in [4.78, 5) is 4.39. The van der Waals surface area contributed by atoms with Gasteiger partial charge in [-0.25, -0.2) is 0 Å². The Labute approximate surface area is 122 Å². The molecular formula is C16H15N3O2. The van der Waals surface area contributed by atoms with Crippen molar-refractivity contribution in [2.24, 2.45) is 0 Å². The average molecular weight is 281 g/mol. The molecule has 0 saturated carbocycles. The van der Waals surface area contributed by atoms with Gasteiger partial charge in [-0.1, -0.05) is 29.4 Å². The lowest BCUT2D eigenvalue weighted by Gasteiger charge is -2.00. The molecule has 0 aliphatic heterocycles. The van der Waals surface area contributed by atoms with Crippen LogP contribution in [0.15, 0.2) is 53.1 Å². The summed E-state index contributed by atoms with van der Waals surface area (Å²) in [6.07, 6.45) is 0.573. The highest BCUT2D eigenvalue weighted by Gasteiger charge is 2.11. The second kappa shape index (κ2) is 5.66. The molecule has 21 heavy (non-hydrogen) atoms. The molecule has 5 nitrogen and oxygen atoms in total. The van der Waals surface area contributed by atoms with Crippen LogP contribution in [0.2, 0.25) is 0 Å². The van der Waals surface area contributed by atoms with Crippen molar-refractivity contribution >= 4 is 5.69 Å². The van der Waals surface area contributed by atoms with Gasteiger partial charge in [0.05, 0.1) is 13.5 Å². The van der Waals surface area contributed by atoms with Crippen LogP contribution < -0.4 is 10.5 Å². The molecule has 0 aliphatic carbocycles.